The van der Waals surface area contributed by atoms with Gasteiger partial charge in [0.2, 0.25) is 5.95 Å². The number of aliphatic hydroxyl groups is 1. The van der Waals surface area contributed by atoms with Gasteiger partial charge in [-0.1, -0.05) is 11.6 Å². The van der Waals surface area contributed by atoms with E-state index >= 15 is 0 Å². The van der Waals surface area contributed by atoms with Gasteiger partial charge in [0, 0.05) is 37.8 Å². The van der Waals surface area contributed by atoms with Crippen LogP contribution in [0.2, 0.25) is 5.02 Å². The predicted molar refractivity (Wildman–Crippen MR) is 130 cm³/mol. The second-order valence-electron chi connectivity index (χ2n) is 11.0. The van der Waals surface area contributed by atoms with Gasteiger partial charge in [-0.2, -0.15) is 4.98 Å². The molecule has 3 saturated carbocycles. The van der Waals surface area contributed by atoms with Crippen LogP contribution < -0.4 is 10.2 Å². The van der Waals surface area contributed by atoms with Gasteiger partial charge in [0.1, 0.15) is 16.5 Å². The van der Waals surface area contributed by atoms with E-state index < -0.39 is 10.8 Å². The Morgan fingerprint density at radius 1 is 1.12 bits per heavy atom. The number of aromatic nitrogens is 4. The lowest BCUT2D eigenvalue weighted by molar-refractivity contribution is 0.143. The summed E-state index contributed by atoms with van der Waals surface area (Å²) < 4.78 is 13.3. The molecular formula is C24H29ClN6O2S. The first kappa shape index (κ1) is 21.4. The number of anilines is 2. The van der Waals surface area contributed by atoms with Crippen LogP contribution in [0.25, 0.3) is 0 Å². The number of nitrogens with zero attached hydrogens (tertiary/aromatic N) is 5. The summed E-state index contributed by atoms with van der Waals surface area (Å²) in [4.78, 5) is 22.2. The standard InChI is InChI=1S/C24H29ClN6O2S/c25-16-9-26-20(27-10-16)18-14-2-3-15(18)12-31(11-14)22-28-17-8-24(6-7-24)34(33)19(17)21(29-22)30-23(13-32)4-1-5-23/h9-10,14-15,18,32H,1-8,11-13H2,(H,28,29,30). The SMILES string of the molecule is O=S1c2c(nc(N3CC4CCC(C3)C4c3ncc(Cl)cn3)nc2NC2(CO)CCC2)CC12CC2. The van der Waals surface area contributed by atoms with E-state index in [9.17, 15) is 9.32 Å². The van der Waals surface area contributed by atoms with Crippen LogP contribution in [0.5, 0.6) is 0 Å². The van der Waals surface area contributed by atoms with Gasteiger partial charge >= 0.3 is 0 Å². The molecule has 10 heteroatoms. The molecule has 0 radical (unpaired) electrons. The molecule has 2 aliphatic heterocycles. The molecule has 3 atom stereocenters. The Balaban J connectivity index is 1.21. The Labute approximate surface area is 206 Å². The molecule has 1 saturated heterocycles. The molecule has 2 aromatic rings. The fraction of sp³-hybridized carbons (Fsp3) is 0.667. The van der Waals surface area contributed by atoms with E-state index in [-0.39, 0.29) is 16.9 Å². The van der Waals surface area contributed by atoms with E-state index in [1.807, 2.05) is 0 Å². The molecule has 8 nitrogen and oxygen atoms in total. The summed E-state index contributed by atoms with van der Waals surface area (Å²) in [6.45, 7) is 1.80. The van der Waals surface area contributed by atoms with Crippen LogP contribution in [-0.2, 0) is 17.2 Å². The summed E-state index contributed by atoms with van der Waals surface area (Å²) in [6.07, 6.45) is 11.4. The van der Waals surface area contributed by atoms with Gasteiger partial charge in [-0.05, 0) is 56.8 Å². The largest absolute Gasteiger partial charge is 0.394 e. The van der Waals surface area contributed by atoms with Crippen molar-refractivity contribution in [2.45, 2.75) is 72.5 Å². The molecule has 2 aromatic heterocycles. The lowest BCUT2D eigenvalue weighted by Gasteiger charge is -2.42. The van der Waals surface area contributed by atoms with Gasteiger partial charge in [-0.15, -0.1) is 0 Å². The first-order chi connectivity index (χ1) is 16.5. The third kappa shape index (κ3) is 3.23. The van der Waals surface area contributed by atoms with E-state index in [1.54, 1.807) is 12.4 Å². The molecule has 34 heavy (non-hydrogen) atoms. The molecule has 4 heterocycles. The number of hydrogen-bond donors (Lipinski definition) is 2. The van der Waals surface area contributed by atoms with Crippen molar-refractivity contribution < 1.29 is 9.32 Å². The normalized spacial score (nSPS) is 31.9. The molecule has 5 aliphatic rings. The Morgan fingerprint density at radius 3 is 2.41 bits per heavy atom. The number of hydrogen-bond acceptors (Lipinski definition) is 8. The number of halogens is 1. The lowest BCUT2D eigenvalue weighted by Crippen LogP contribution is -2.49. The minimum atomic E-state index is -1.09. The van der Waals surface area contributed by atoms with Crippen LogP contribution in [-0.4, -0.2) is 59.2 Å². The molecule has 4 fully saturated rings. The zero-order valence-corrected chi connectivity index (χ0v) is 20.6. The maximum Gasteiger partial charge on any atom is 0.227 e. The quantitative estimate of drug-likeness (QED) is 0.645. The van der Waals surface area contributed by atoms with Crippen molar-refractivity contribution >= 4 is 34.2 Å². The monoisotopic (exact) mass is 500 g/mol. The van der Waals surface area contributed by atoms with Gasteiger partial charge in [0.15, 0.2) is 0 Å². The Bertz CT molecular complexity index is 1150. The number of fused-ring (bicyclic) bond motifs is 3. The highest BCUT2D eigenvalue weighted by Gasteiger charge is 2.56. The van der Waals surface area contributed by atoms with Crippen LogP contribution in [0.1, 0.15) is 62.4 Å². The first-order valence-electron chi connectivity index (χ1n) is 12.4. The maximum absolute atomic E-state index is 13.4. The van der Waals surface area contributed by atoms with Crippen molar-refractivity contribution in [1.82, 2.24) is 19.9 Å². The third-order valence-corrected chi connectivity index (χ3v) is 11.2. The zero-order chi connectivity index (χ0) is 23.1. The van der Waals surface area contributed by atoms with E-state index in [0.717, 1.165) is 86.8 Å². The predicted octanol–water partition coefficient (Wildman–Crippen LogP) is 3.07. The molecule has 7 rings (SSSR count). The number of aliphatic hydroxyl groups excluding tert-OH is 1. The van der Waals surface area contributed by atoms with E-state index in [2.05, 4.69) is 20.2 Å². The van der Waals surface area contributed by atoms with Gasteiger partial charge < -0.3 is 15.3 Å². The second kappa shape index (κ2) is 7.58. The highest BCUT2D eigenvalue weighted by molar-refractivity contribution is 7.87. The topological polar surface area (TPSA) is 104 Å². The minimum Gasteiger partial charge on any atom is -0.394 e. The number of piperidine rings is 1. The van der Waals surface area contributed by atoms with Crippen LogP contribution >= 0.6 is 11.6 Å². The van der Waals surface area contributed by atoms with E-state index in [0.29, 0.717) is 28.6 Å². The summed E-state index contributed by atoms with van der Waals surface area (Å²) in [6, 6.07) is 0. The van der Waals surface area contributed by atoms with Crippen molar-refractivity contribution in [3.05, 3.63) is 28.9 Å². The summed E-state index contributed by atoms with van der Waals surface area (Å²) in [7, 11) is -1.09. The first-order valence-corrected chi connectivity index (χ1v) is 14.0. The average Bonchev–Trinajstić information content (AvgIpc) is 3.47. The Morgan fingerprint density at radius 2 is 1.82 bits per heavy atom. The van der Waals surface area contributed by atoms with Crippen LogP contribution in [0.4, 0.5) is 11.8 Å². The summed E-state index contributed by atoms with van der Waals surface area (Å²) in [5.41, 5.74) is 0.590. The molecule has 3 aliphatic carbocycles. The fourth-order valence-corrected chi connectivity index (χ4v) is 8.47. The van der Waals surface area contributed by atoms with Crippen molar-refractivity contribution in [2.75, 3.05) is 29.9 Å². The lowest BCUT2D eigenvalue weighted by atomic mass is 9.77. The fourth-order valence-electron chi connectivity index (χ4n) is 6.59. The van der Waals surface area contributed by atoms with E-state index in [4.69, 9.17) is 21.6 Å². The summed E-state index contributed by atoms with van der Waals surface area (Å²) in [5.74, 6) is 3.56. The molecule has 0 aromatic carbocycles. The van der Waals surface area contributed by atoms with Crippen molar-refractivity contribution in [2.24, 2.45) is 11.8 Å². The van der Waals surface area contributed by atoms with Gasteiger partial charge in [-0.25, -0.2) is 15.0 Å². The third-order valence-electron chi connectivity index (χ3n) is 8.85. The van der Waals surface area contributed by atoms with Gasteiger partial charge in [0.05, 0.1) is 38.4 Å². The van der Waals surface area contributed by atoms with Crippen molar-refractivity contribution in [1.29, 1.82) is 0 Å². The highest BCUT2D eigenvalue weighted by Crippen LogP contribution is 2.54. The van der Waals surface area contributed by atoms with Gasteiger partial charge in [0.25, 0.3) is 0 Å². The molecule has 1 spiro atoms. The molecule has 2 N–H and O–H groups in total. The van der Waals surface area contributed by atoms with Gasteiger partial charge in [-0.3, -0.25) is 4.21 Å². The second-order valence-corrected chi connectivity index (χ2v) is 13.2. The highest BCUT2D eigenvalue weighted by atomic mass is 35.5. The Kier molecular flexibility index (Phi) is 4.78. The summed E-state index contributed by atoms with van der Waals surface area (Å²) >= 11 is 6.02. The molecule has 180 valence electrons. The molecule has 2 bridgehead atoms. The number of rotatable bonds is 5. The molecular weight excluding hydrogens is 472 g/mol. The maximum atomic E-state index is 13.4. The van der Waals surface area contributed by atoms with Crippen LogP contribution in [0.3, 0.4) is 0 Å². The smallest absolute Gasteiger partial charge is 0.227 e. The van der Waals surface area contributed by atoms with Crippen LogP contribution in [0.15, 0.2) is 17.3 Å². The molecule has 3 unspecified atom stereocenters. The van der Waals surface area contributed by atoms with Crippen molar-refractivity contribution in [3.8, 4) is 0 Å². The molecule has 0 amide bonds. The summed E-state index contributed by atoms with van der Waals surface area (Å²) in [5, 5.41) is 14.2. The average molecular weight is 501 g/mol. The van der Waals surface area contributed by atoms with Crippen LogP contribution in [0, 0.1) is 11.8 Å². The number of nitrogens with one attached hydrogen (secondary N) is 1. The van der Waals surface area contributed by atoms with Crippen molar-refractivity contribution in [3.63, 3.8) is 0 Å². The van der Waals surface area contributed by atoms with E-state index in [1.165, 1.54) is 0 Å². The zero-order valence-electron chi connectivity index (χ0n) is 19.0. The Hall–Kier alpha value is -1.84. The minimum absolute atomic E-state index is 0.0650.